The van der Waals surface area contributed by atoms with E-state index in [-0.39, 0.29) is 17.8 Å². The number of carbonyl (C=O) groups is 1. The summed E-state index contributed by atoms with van der Waals surface area (Å²) in [6, 6.07) is 19.5. The largest absolute Gasteiger partial charge is 0.373 e. The summed E-state index contributed by atoms with van der Waals surface area (Å²) >= 11 is 3.22. The first-order valence-corrected chi connectivity index (χ1v) is 11.2. The van der Waals surface area contributed by atoms with E-state index in [1.165, 1.54) is 12.1 Å². The molecule has 1 atom stereocenters. The van der Waals surface area contributed by atoms with E-state index in [9.17, 15) is 9.18 Å². The van der Waals surface area contributed by atoms with Crippen LogP contribution in [0.1, 0.15) is 37.3 Å². The van der Waals surface area contributed by atoms with Crippen LogP contribution in [-0.4, -0.2) is 5.91 Å². The smallest absolute Gasteiger partial charge is 0.256 e. The van der Waals surface area contributed by atoms with Crippen molar-refractivity contribution in [2.75, 3.05) is 10.6 Å². The maximum absolute atomic E-state index is 13.4. The molecule has 30 heavy (non-hydrogen) atoms. The van der Waals surface area contributed by atoms with Crippen molar-refractivity contribution in [3.8, 4) is 0 Å². The molecule has 0 aliphatic carbocycles. The predicted molar refractivity (Wildman–Crippen MR) is 124 cm³/mol. The Bertz CT molecular complexity index is 1140. The number of anilines is 2. The lowest BCUT2D eigenvalue weighted by Gasteiger charge is -2.21. The number of hydrogen-bond donors (Lipinski definition) is 2. The lowest BCUT2D eigenvalue weighted by Crippen LogP contribution is -2.16. The molecule has 1 amide bonds. The highest BCUT2D eigenvalue weighted by Crippen LogP contribution is 2.42. The van der Waals surface area contributed by atoms with E-state index in [4.69, 9.17) is 0 Å². The molecule has 152 valence electrons. The molecule has 4 rings (SSSR count). The van der Waals surface area contributed by atoms with Gasteiger partial charge in [-0.3, -0.25) is 4.79 Å². The Hall–Kier alpha value is -2.96. The molecule has 0 radical (unpaired) electrons. The Labute approximate surface area is 183 Å². The van der Waals surface area contributed by atoms with Gasteiger partial charge in [-0.05, 0) is 67.3 Å². The van der Waals surface area contributed by atoms with Gasteiger partial charge in [-0.2, -0.15) is 0 Å². The van der Waals surface area contributed by atoms with E-state index < -0.39 is 0 Å². The van der Waals surface area contributed by atoms with Crippen LogP contribution in [0, 0.1) is 19.7 Å². The minimum absolute atomic E-state index is 0.134. The third-order valence-electron chi connectivity index (χ3n) is 4.97. The molecule has 6 heteroatoms. The molecule has 3 nitrogen and oxygen atoms in total. The Morgan fingerprint density at radius 2 is 1.70 bits per heavy atom. The molecule has 2 N–H and O–H groups in total. The van der Waals surface area contributed by atoms with Gasteiger partial charge in [0.1, 0.15) is 10.8 Å². The first-order chi connectivity index (χ1) is 14.5. The predicted octanol–water partition coefficient (Wildman–Crippen LogP) is 7.02. The number of benzene rings is 2. The van der Waals surface area contributed by atoms with Gasteiger partial charge in [0.25, 0.3) is 5.91 Å². The Kier molecular flexibility index (Phi) is 5.97. The van der Waals surface area contributed by atoms with Crippen LogP contribution >= 0.6 is 22.7 Å². The van der Waals surface area contributed by atoms with Gasteiger partial charge in [-0.25, -0.2) is 4.39 Å². The molecule has 2 heterocycles. The average Bonchev–Trinajstić information content (AvgIpc) is 3.38. The van der Waals surface area contributed by atoms with Gasteiger partial charge in [0, 0.05) is 26.6 Å². The summed E-state index contributed by atoms with van der Waals surface area (Å²) < 4.78 is 13.4. The first-order valence-electron chi connectivity index (χ1n) is 9.54. The first kappa shape index (κ1) is 20.3. The van der Waals surface area contributed by atoms with Crippen LogP contribution in [0.25, 0.3) is 0 Å². The second kappa shape index (κ2) is 8.81. The van der Waals surface area contributed by atoms with Crippen LogP contribution in [0.2, 0.25) is 0 Å². The monoisotopic (exact) mass is 436 g/mol. The van der Waals surface area contributed by atoms with E-state index >= 15 is 0 Å². The molecule has 4 aromatic rings. The lowest BCUT2D eigenvalue weighted by molar-refractivity contribution is 0.102. The normalized spacial score (nSPS) is 11.8. The van der Waals surface area contributed by atoms with Crippen molar-refractivity contribution in [3.05, 3.63) is 104 Å². The van der Waals surface area contributed by atoms with Crippen LogP contribution in [0.15, 0.2) is 72.1 Å². The third kappa shape index (κ3) is 4.30. The van der Waals surface area contributed by atoms with E-state index in [1.807, 2.05) is 29.6 Å². The van der Waals surface area contributed by atoms with Crippen LogP contribution in [0.4, 0.5) is 15.1 Å². The van der Waals surface area contributed by atoms with Gasteiger partial charge in [-0.15, -0.1) is 22.7 Å². The van der Waals surface area contributed by atoms with Crippen LogP contribution < -0.4 is 10.6 Å². The van der Waals surface area contributed by atoms with Crippen LogP contribution in [0.5, 0.6) is 0 Å². The molecule has 0 saturated heterocycles. The molecule has 0 saturated carbocycles. The Morgan fingerprint density at radius 3 is 2.37 bits per heavy atom. The number of aryl methyl sites for hydroxylation is 1. The van der Waals surface area contributed by atoms with Gasteiger partial charge < -0.3 is 10.6 Å². The zero-order valence-electron chi connectivity index (χ0n) is 16.6. The number of amides is 1. The molecular weight excluding hydrogens is 415 g/mol. The van der Waals surface area contributed by atoms with Gasteiger partial charge in [-0.1, -0.05) is 24.3 Å². The van der Waals surface area contributed by atoms with Crippen LogP contribution in [-0.2, 0) is 0 Å². The quantitative estimate of drug-likeness (QED) is 0.341. The summed E-state index contributed by atoms with van der Waals surface area (Å²) in [5.41, 5.74) is 3.61. The summed E-state index contributed by atoms with van der Waals surface area (Å²) in [5, 5.41) is 9.50. The number of hydrogen-bond acceptors (Lipinski definition) is 4. The third-order valence-corrected chi connectivity index (χ3v) is 7.04. The fourth-order valence-electron chi connectivity index (χ4n) is 3.30. The van der Waals surface area contributed by atoms with E-state index in [0.29, 0.717) is 5.56 Å². The van der Waals surface area contributed by atoms with E-state index in [0.717, 1.165) is 31.6 Å². The van der Waals surface area contributed by atoms with Gasteiger partial charge in [0.15, 0.2) is 0 Å². The van der Waals surface area contributed by atoms with E-state index in [2.05, 4.69) is 30.5 Å². The number of rotatable bonds is 6. The molecule has 0 aliphatic rings. The standard InChI is InChI=1S/C24H21FN2OS2/c1-15-16(2)30-24(27-23(28)17-7-4-3-5-8-17)21(15)22(20-9-6-14-29-20)26-19-12-10-18(25)11-13-19/h3-14,22,26H,1-2H3,(H,27,28). The highest BCUT2D eigenvalue weighted by atomic mass is 32.1. The molecule has 2 aromatic heterocycles. The van der Waals surface area contributed by atoms with Gasteiger partial charge >= 0.3 is 0 Å². The SMILES string of the molecule is Cc1sc(NC(=O)c2ccccc2)c(C(Nc2ccc(F)cc2)c2cccs2)c1C. The highest BCUT2D eigenvalue weighted by Gasteiger charge is 2.25. The molecule has 2 aromatic carbocycles. The lowest BCUT2D eigenvalue weighted by atomic mass is 10.0. The molecule has 0 spiro atoms. The molecule has 0 bridgehead atoms. The van der Waals surface area contributed by atoms with Crippen molar-refractivity contribution in [3.63, 3.8) is 0 Å². The highest BCUT2D eigenvalue weighted by molar-refractivity contribution is 7.16. The van der Waals surface area contributed by atoms with Crippen molar-refractivity contribution >= 4 is 39.3 Å². The molecule has 0 aliphatic heterocycles. The summed E-state index contributed by atoms with van der Waals surface area (Å²) in [7, 11) is 0. The second-order valence-corrected chi connectivity index (χ2v) is 9.15. The summed E-state index contributed by atoms with van der Waals surface area (Å²) in [6.45, 7) is 4.14. The Balaban J connectivity index is 1.73. The van der Waals surface area contributed by atoms with Crippen molar-refractivity contribution < 1.29 is 9.18 Å². The second-order valence-electron chi connectivity index (χ2n) is 6.95. The zero-order valence-corrected chi connectivity index (χ0v) is 18.2. The Morgan fingerprint density at radius 1 is 0.967 bits per heavy atom. The minimum Gasteiger partial charge on any atom is -0.373 e. The topological polar surface area (TPSA) is 41.1 Å². The van der Waals surface area contributed by atoms with Crippen LogP contribution in [0.3, 0.4) is 0 Å². The minimum atomic E-state index is -0.272. The van der Waals surface area contributed by atoms with Crippen molar-refractivity contribution in [1.29, 1.82) is 0 Å². The van der Waals surface area contributed by atoms with E-state index in [1.54, 1.807) is 46.9 Å². The molecule has 0 fully saturated rings. The fourth-order valence-corrected chi connectivity index (χ4v) is 5.18. The number of thiophene rings is 2. The maximum atomic E-state index is 13.4. The van der Waals surface area contributed by atoms with Crippen molar-refractivity contribution in [2.45, 2.75) is 19.9 Å². The number of carbonyl (C=O) groups excluding carboxylic acids is 1. The number of nitrogens with one attached hydrogen (secondary N) is 2. The fraction of sp³-hybridized carbons (Fsp3) is 0.125. The van der Waals surface area contributed by atoms with Gasteiger partial charge in [0.05, 0.1) is 6.04 Å². The number of halogens is 1. The maximum Gasteiger partial charge on any atom is 0.256 e. The summed E-state index contributed by atoms with van der Waals surface area (Å²) in [4.78, 5) is 15.1. The molecule has 1 unspecified atom stereocenters. The summed E-state index contributed by atoms with van der Waals surface area (Å²) in [6.07, 6.45) is 0. The van der Waals surface area contributed by atoms with Crippen molar-refractivity contribution in [2.24, 2.45) is 0 Å². The van der Waals surface area contributed by atoms with Crippen molar-refractivity contribution in [1.82, 2.24) is 0 Å². The zero-order chi connectivity index (χ0) is 21.1. The summed E-state index contributed by atoms with van der Waals surface area (Å²) in [5.74, 6) is -0.406. The van der Waals surface area contributed by atoms with Gasteiger partial charge in [0.2, 0.25) is 0 Å². The average molecular weight is 437 g/mol. The molecular formula is C24H21FN2OS2.